The molecule has 0 aromatic heterocycles. The van der Waals surface area contributed by atoms with Gasteiger partial charge in [0.25, 0.3) is 0 Å². The van der Waals surface area contributed by atoms with E-state index in [9.17, 15) is 33.9 Å². The number of nitrogens with zero attached hydrogens (tertiary/aromatic N) is 1. The first-order chi connectivity index (χ1) is 17.8. The number of carbonyl (C=O) groups excluding carboxylic acids is 3. The summed E-state index contributed by atoms with van der Waals surface area (Å²) in [7, 11) is 0. The van der Waals surface area contributed by atoms with Crippen LogP contribution in [-0.4, -0.2) is 91.4 Å². The number of hydrogen-bond donors (Lipinski definition) is 6. The van der Waals surface area contributed by atoms with Gasteiger partial charge in [-0.15, -0.1) is 0 Å². The molecule has 9 N–H and O–H groups in total. The first-order valence-electron chi connectivity index (χ1n) is 11.7. The Kier molecular flexibility index (Phi) is 13.1. The summed E-state index contributed by atoms with van der Waals surface area (Å²) in [5.41, 5.74) is 15.7. The van der Waals surface area contributed by atoms with E-state index in [2.05, 4.69) is 0 Å². The van der Waals surface area contributed by atoms with E-state index in [0.717, 1.165) is 11.8 Å². The van der Waals surface area contributed by atoms with Gasteiger partial charge < -0.3 is 32.5 Å². The molecule has 1 aromatic carbocycles. The Morgan fingerprint density at radius 3 is 1.71 bits per heavy atom. The highest BCUT2D eigenvalue weighted by Gasteiger charge is 2.57. The number of nitrogens with two attached hydrogens (primary N) is 3. The van der Waals surface area contributed by atoms with Crippen LogP contribution in [-0.2, 0) is 35.2 Å². The number of carbonyl (C=O) groups is 6. The van der Waals surface area contributed by atoms with Crippen molar-refractivity contribution < 1.29 is 44.1 Å². The molecule has 14 heteroatoms. The summed E-state index contributed by atoms with van der Waals surface area (Å²) in [6.07, 6.45) is -1.12. The highest BCUT2D eigenvalue weighted by atomic mass is 32.2. The molecule has 0 aliphatic heterocycles. The quantitative estimate of drug-likeness (QED) is 0.132. The molecule has 0 aliphatic carbocycles. The average Bonchev–Trinajstić information content (AvgIpc) is 2.87. The minimum Gasteiger partial charge on any atom is -0.481 e. The van der Waals surface area contributed by atoms with E-state index < -0.39 is 91.3 Å². The van der Waals surface area contributed by atoms with E-state index in [1.54, 1.807) is 36.6 Å². The van der Waals surface area contributed by atoms with Crippen LogP contribution >= 0.6 is 11.8 Å². The lowest BCUT2D eigenvalue weighted by molar-refractivity contribution is -0.172. The number of amides is 2. The van der Waals surface area contributed by atoms with Crippen molar-refractivity contribution in [2.45, 2.75) is 62.2 Å². The fourth-order valence-corrected chi connectivity index (χ4v) is 4.29. The van der Waals surface area contributed by atoms with Gasteiger partial charge in [-0.2, -0.15) is 11.8 Å². The SMILES string of the molecule is CSCCC(C(=O)O)(C(=O)C(N)Cc1ccccc1)N(C(=O)C(N)CCC(=O)O)C(=O)C(N)CCC(=O)O. The van der Waals surface area contributed by atoms with Crippen LogP contribution in [0.2, 0.25) is 0 Å². The molecule has 1 rings (SSSR count). The number of carboxylic acids is 3. The van der Waals surface area contributed by atoms with Crippen LogP contribution < -0.4 is 17.2 Å². The molecule has 0 saturated carbocycles. The predicted molar refractivity (Wildman–Crippen MR) is 138 cm³/mol. The molecule has 210 valence electrons. The highest BCUT2D eigenvalue weighted by molar-refractivity contribution is 7.98. The number of Topliss-reactive ketones (excluding diaryl/α,β-unsaturated/α-hetero) is 1. The van der Waals surface area contributed by atoms with Gasteiger partial charge in [-0.1, -0.05) is 30.3 Å². The number of ketones is 1. The molecule has 0 saturated heterocycles. The van der Waals surface area contributed by atoms with Gasteiger partial charge in [0, 0.05) is 12.8 Å². The van der Waals surface area contributed by atoms with Gasteiger partial charge in [0.1, 0.15) is 0 Å². The van der Waals surface area contributed by atoms with Crippen molar-refractivity contribution in [2.24, 2.45) is 17.2 Å². The zero-order valence-corrected chi connectivity index (χ0v) is 21.8. The van der Waals surface area contributed by atoms with Crippen molar-refractivity contribution in [2.75, 3.05) is 12.0 Å². The molecule has 0 heterocycles. The summed E-state index contributed by atoms with van der Waals surface area (Å²) >= 11 is 1.14. The van der Waals surface area contributed by atoms with Crippen LogP contribution in [0, 0.1) is 0 Å². The van der Waals surface area contributed by atoms with Crippen molar-refractivity contribution in [1.29, 1.82) is 0 Å². The third-order valence-electron chi connectivity index (χ3n) is 5.86. The van der Waals surface area contributed by atoms with Gasteiger partial charge in [0.05, 0.1) is 18.1 Å². The summed E-state index contributed by atoms with van der Waals surface area (Å²) in [6, 6.07) is 3.61. The van der Waals surface area contributed by atoms with Gasteiger partial charge >= 0.3 is 17.9 Å². The van der Waals surface area contributed by atoms with Gasteiger partial charge in [-0.3, -0.25) is 28.9 Å². The Bertz CT molecular complexity index is 987. The van der Waals surface area contributed by atoms with E-state index in [4.69, 9.17) is 27.4 Å². The Labute approximate surface area is 223 Å². The molecule has 1 aromatic rings. The molecule has 0 fully saturated rings. The maximum absolute atomic E-state index is 13.8. The molecule has 0 spiro atoms. The average molecular weight is 555 g/mol. The summed E-state index contributed by atoms with van der Waals surface area (Å²) in [6.45, 7) is 0. The Morgan fingerprint density at radius 1 is 0.842 bits per heavy atom. The van der Waals surface area contributed by atoms with Crippen molar-refractivity contribution in [3.05, 3.63) is 35.9 Å². The minimum absolute atomic E-state index is 0.00187. The number of rotatable bonds is 17. The number of carboxylic acid groups (broad SMARTS) is 3. The molecule has 0 bridgehead atoms. The third kappa shape index (κ3) is 8.62. The van der Waals surface area contributed by atoms with Gasteiger partial charge in [-0.25, -0.2) is 4.79 Å². The molecule has 2 amide bonds. The number of benzene rings is 1. The lowest BCUT2D eigenvalue weighted by Gasteiger charge is -2.41. The maximum Gasteiger partial charge on any atom is 0.338 e. The Hall–Kier alpha value is -3.33. The second kappa shape index (κ2) is 15.2. The molecule has 0 aliphatic rings. The van der Waals surface area contributed by atoms with Crippen LogP contribution in [0.3, 0.4) is 0 Å². The summed E-state index contributed by atoms with van der Waals surface area (Å²) in [4.78, 5) is 75.9. The maximum atomic E-state index is 13.8. The fourth-order valence-electron chi connectivity index (χ4n) is 3.79. The highest BCUT2D eigenvalue weighted by Crippen LogP contribution is 2.29. The molecule has 4 unspecified atom stereocenters. The zero-order valence-electron chi connectivity index (χ0n) is 20.9. The van der Waals surface area contributed by atoms with E-state index in [0.29, 0.717) is 5.56 Å². The smallest absolute Gasteiger partial charge is 0.338 e. The summed E-state index contributed by atoms with van der Waals surface area (Å²) in [5.74, 6) is -8.24. The van der Waals surface area contributed by atoms with Crippen molar-refractivity contribution in [3.63, 3.8) is 0 Å². The molecule has 0 radical (unpaired) electrons. The topological polar surface area (TPSA) is 244 Å². The van der Waals surface area contributed by atoms with E-state index in [1.807, 2.05) is 0 Å². The van der Waals surface area contributed by atoms with Crippen LogP contribution in [0.1, 0.15) is 37.7 Å². The van der Waals surface area contributed by atoms with Crippen LogP contribution in [0.15, 0.2) is 30.3 Å². The number of hydrogen-bond acceptors (Lipinski definition) is 10. The van der Waals surface area contributed by atoms with E-state index >= 15 is 0 Å². The lowest BCUT2D eigenvalue weighted by atomic mass is 9.81. The largest absolute Gasteiger partial charge is 0.481 e. The van der Waals surface area contributed by atoms with Crippen LogP contribution in [0.25, 0.3) is 0 Å². The predicted octanol–water partition coefficient (Wildman–Crippen LogP) is -0.559. The Morgan fingerprint density at radius 2 is 1.32 bits per heavy atom. The van der Waals surface area contributed by atoms with Gasteiger partial charge in [0.2, 0.25) is 17.4 Å². The van der Waals surface area contributed by atoms with Crippen molar-refractivity contribution in [3.8, 4) is 0 Å². The molecule has 13 nitrogen and oxygen atoms in total. The van der Waals surface area contributed by atoms with E-state index in [-0.39, 0.29) is 17.1 Å². The number of thioether (sulfide) groups is 1. The first-order valence-corrected chi connectivity index (χ1v) is 13.1. The molecular weight excluding hydrogens is 520 g/mol. The van der Waals surface area contributed by atoms with Crippen molar-refractivity contribution >= 4 is 47.3 Å². The normalized spacial score (nSPS) is 14.9. The third-order valence-corrected chi connectivity index (χ3v) is 6.47. The van der Waals surface area contributed by atoms with Crippen molar-refractivity contribution in [1.82, 2.24) is 4.90 Å². The number of aliphatic carboxylic acids is 3. The summed E-state index contributed by atoms with van der Waals surface area (Å²) < 4.78 is 0. The monoisotopic (exact) mass is 554 g/mol. The number of imide groups is 1. The van der Waals surface area contributed by atoms with Gasteiger partial charge in [-0.05, 0) is 43.3 Å². The Balaban J connectivity index is 3.68. The molecule has 4 atom stereocenters. The van der Waals surface area contributed by atoms with Crippen LogP contribution in [0.4, 0.5) is 0 Å². The standard InChI is InChI=1S/C24H34N4O9S/c1-38-12-11-24(23(36)37,20(33)17(27)13-14-5-3-2-4-6-14)28(21(34)15(25)7-9-18(29)30)22(35)16(26)8-10-19(31)32/h2-6,15-17H,7-13,25-27H2,1H3,(H,29,30)(H,31,32)(H,36,37). The molecule has 38 heavy (non-hydrogen) atoms. The minimum atomic E-state index is -2.83. The second-order valence-electron chi connectivity index (χ2n) is 8.66. The summed E-state index contributed by atoms with van der Waals surface area (Å²) in [5, 5.41) is 28.4. The second-order valence-corrected chi connectivity index (χ2v) is 9.64. The van der Waals surface area contributed by atoms with E-state index in [1.165, 1.54) is 0 Å². The lowest BCUT2D eigenvalue weighted by Crippen LogP contribution is -2.71. The fraction of sp³-hybridized carbons (Fsp3) is 0.500. The van der Waals surface area contributed by atoms with Gasteiger partial charge in [0.15, 0.2) is 5.78 Å². The van der Waals surface area contributed by atoms with Crippen LogP contribution in [0.5, 0.6) is 0 Å². The zero-order chi connectivity index (χ0) is 29.0. The molecular formula is C24H34N4O9S. The first kappa shape index (κ1) is 32.7.